The molecule has 1 saturated heterocycles. The highest BCUT2D eigenvalue weighted by Gasteiger charge is 2.48. The summed E-state index contributed by atoms with van der Waals surface area (Å²) in [6.45, 7) is 1.42. The first-order chi connectivity index (χ1) is 16.7. The van der Waals surface area contributed by atoms with E-state index in [1.54, 1.807) is 24.3 Å². The molecule has 6 N–H and O–H groups in total. The molecule has 5 atom stereocenters. The van der Waals surface area contributed by atoms with Gasteiger partial charge >= 0.3 is 5.97 Å². The standard InChI is InChI=1S/C24H29ClN2O8/c1-26-8-3-9-27-15-4-2-5-18(13(15)7-6-12-10-17(28)14(25)11-16(12)27)34-24-21(31)19(29)20(30)22(35-24)23(32)33/h2,4-5,10-11,19-22,24,26,28-31H,3,6-9H2,1H3,(H,32,33)/t19-,20-,21+,22-,24+/m0/s1. The number of nitrogens with one attached hydrogen (secondary N) is 1. The summed E-state index contributed by atoms with van der Waals surface area (Å²) in [7, 11) is 1.87. The maximum atomic E-state index is 11.5. The van der Waals surface area contributed by atoms with Crippen LogP contribution in [0, 0.1) is 0 Å². The van der Waals surface area contributed by atoms with Crippen LogP contribution < -0.4 is 15.0 Å². The number of rotatable bonds is 7. The van der Waals surface area contributed by atoms with Crippen LogP contribution in [-0.2, 0) is 22.4 Å². The maximum absolute atomic E-state index is 11.5. The number of aliphatic hydroxyl groups is 3. The molecule has 190 valence electrons. The highest BCUT2D eigenvalue weighted by Crippen LogP contribution is 2.43. The molecule has 2 aromatic carbocycles. The molecular formula is C24H29ClN2O8. The highest BCUT2D eigenvalue weighted by atomic mass is 35.5. The molecule has 4 rings (SSSR count). The summed E-state index contributed by atoms with van der Waals surface area (Å²) < 4.78 is 11.2. The number of aliphatic hydroxyl groups excluding tert-OH is 3. The van der Waals surface area contributed by atoms with Crippen LogP contribution in [0.2, 0.25) is 5.02 Å². The number of carboxylic acid groups (broad SMARTS) is 1. The van der Waals surface area contributed by atoms with Crippen LogP contribution in [0.15, 0.2) is 30.3 Å². The molecule has 2 aliphatic heterocycles. The number of carboxylic acids is 1. The Bertz CT molecular complexity index is 1080. The molecule has 0 spiro atoms. The first kappa shape index (κ1) is 25.5. The molecule has 0 aliphatic carbocycles. The molecule has 2 aliphatic rings. The summed E-state index contributed by atoms with van der Waals surface area (Å²) in [5.41, 5.74) is 3.38. The van der Waals surface area contributed by atoms with Gasteiger partial charge in [0.05, 0.1) is 5.02 Å². The molecular weight excluding hydrogens is 480 g/mol. The predicted octanol–water partition coefficient (Wildman–Crippen LogP) is 1.16. The van der Waals surface area contributed by atoms with Gasteiger partial charge in [0.15, 0.2) is 6.10 Å². The lowest BCUT2D eigenvalue weighted by molar-refractivity contribution is -0.271. The Morgan fingerprint density at radius 3 is 2.66 bits per heavy atom. The zero-order chi connectivity index (χ0) is 25.3. The van der Waals surface area contributed by atoms with E-state index in [9.17, 15) is 30.3 Å². The van der Waals surface area contributed by atoms with Crippen LogP contribution in [0.4, 0.5) is 11.4 Å². The number of carbonyl (C=O) groups is 1. The van der Waals surface area contributed by atoms with Crippen molar-refractivity contribution in [1.29, 1.82) is 0 Å². The van der Waals surface area contributed by atoms with Crippen molar-refractivity contribution in [3.63, 3.8) is 0 Å². The minimum Gasteiger partial charge on any atom is -0.506 e. The van der Waals surface area contributed by atoms with E-state index in [0.717, 1.165) is 35.5 Å². The smallest absolute Gasteiger partial charge is 0.335 e. The van der Waals surface area contributed by atoms with Gasteiger partial charge in [-0.3, -0.25) is 0 Å². The summed E-state index contributed by atoms with van der Waals surface area (Å²) in [6.07, 6.45) is -6.61. The van der Waals surface area contributed by atoms with E-state index in [4.69, 9.17) is 21.1 Å². The van der Waals surface area contributed by atoms with Crippen molar-refractivity contribution in [2.75, 3.05) is 25.0 Å². The molecule has 0 saturated carbocycles. The zero-order valence-electron chi connectivity index (χ0n) is 19.1. The quantitative estimate of drug-likeness (QED) is 0.300. The fraction of sp³-hybridized carbons (Fsp3) is 0.458. The van der Waals surface area contributed by atoms with Crippen molar-refractivity contribution in [3.05, 3.63) is 46.5 Å². The van der Waals surface area contributed by atoms with Crippen molar-refractivity contribution in [2.24, 2.45) is 0 Å². The van der Waals surface area contributed by atoms with Crippen LogP contribution >= 0.6 is 11.6 Å². The Balaban J connectivity index is 1.70. The van der Waals surface area contributed by atoms with E-state index in [1.165, 1.54) is 0 Å². The van der Waals surface area contributed by atoms with Gasteiger partial charge < -0.3 is 45.2 Å². The number of anilines is 2. The monoisotopic (exact) mass is 508 g/mol. The van der Waals surface area contributed by atoms with Crippen molar-refractivity contribution >= 4 is 28.9 Å². The van der Waals surface area contributed by atoms with Crippen molar-refractivity contribution < 1.29 is 39.8 Å². The van der Waals surface area contributed by atoms with Gasteiger partial charge in [-0.15, -0.1) is 0 Å². The number of ether oxygens (including phenoxy) is 2. The van der Waals surface area contributed by atoms with Crippen LogP contribution in [0.1, 0.15) is 17.5 Å². The first-order valence-electron chi connectivity index (χ1n) is 11.4. The molecule has 0 amide bonds. The molecule has 35 heavy (non-hydrogen) atoms. The van der Waals surface area contributed by atoms with Crippen molar-refractivity contribution in [1.82, 2.24) is 5.32 Å². The molecule has 0 aromatic heterocycles. The number of hydrogen-bond donors (Lipinski definition) is 6. The number of aryl methyl sites for hydroxylation is 1. The average molecular weight is 509 g/mol. The largest absolute Gasteiger partial charge is 0.506 e. The van der Waals surface area contributed by atoms with E-state index in [0.29, 0.717) is 25.1 Å². The van der Waals surface area contributed by atoms with E-state index in [1.807, 2.05) is 13.1 Å². The number of phenolic OH excluding ortho intramolecular Hbond substituents is 1. The number of aliphatic carboxylic acids is 1. The third-order valence-electron chi connectivity index (χ3n) is 6.35. The first-order valence-corrected chi connectivity index (χ1v) is 11.7. The number of nitrogens with zero attached hydrogens (tertiary/aromatic N) is 1. The number of aromatic hydroxyl groups is 1. The Kier molecular flexibility index (Phi) is 7.70. The van der Waals surface area contributed by atoms with E-state index in [-0.39, 0.29) is 10.8 Å². The van der Waals surface area contributed by atoms with Gasteiger partial charge in [-0.05, 0) is 62.7 Å². The Morgan fingerprint density at radius 2 is 1.94 bits per heavy atom. The molecule has 10 nitrogen and oxygen atoms in total. The maximum Gasteiger partial charge on any atom is 0.335 e. The Morgan fingerprint density at radius 1 is 1.17 bits per heavy atom. The van der Waals surface area contributed by atoms with Crippen molar-refractivity contribution in [3.8, 4) is 11.5 Å². The van der Waals surface area contributed by atoms with Gasteiger partial charge in [-0.2, -0.15) is 0 Å². The zero-order valence-corrected chi connectivity index (χ0v) is 19.9. The number of fused-ring (bicyclic) bond motifs is 2. The molecule has 0 radical (unpaired) electrons. The van der Waals surface area contributed by atoms with Gasteiger partial charge in [-0.25, -0.2) is 4.79 Å². The van der Waals surface area contributed by atoms with Crippen LogP contribution in [0.5, 0.6) is 11.5 Å². The predicted molar refractivity (Wildman–Crippen MR) is 127 cm³/mol. The number of hydrogen-bond acceptors (Lipinski definition) is 9. The normalized spacial score (nSPS) is 26.0. The summed E-state index contributed by atoms with van der Waals surface area (Å²) in [5, 5.41) is 53.4. The van der Waals surface area contributed by atoms with E-state index >= 15 is 0 Å². The fourth-order valence-electron chi connectivity index (χ4n) is 4.53. The Labute approximate surface area is 207 Å². The second-order valence-electron chi connectivity index (χ2n) is 8.65. The molecule has 11 heteroatoms. The Hall–Kier alpha value is -2.60. The molecule has 0 unspecified atom stereocenters. The SMILES string of the molecule is CNCCCN1c2cc(Cl)c(O)cc2CCc2c(O[C@@H]3O[C@H](C(=O)O)[C@@H](O)[C@H](O)[C@H]3O)cccc21. The van der Waals surface area contributed by atoms with Gasteiger partial charge in [0.25, 0.3) is 0 Å². The lowest BCUT2D eigenvalue weighted by atomic mass is 9.99. The second-order valence-corrected chi connectivity index (χ2v) is 9.06. The van der Waals surface area contributed by atoms with Gasteiger partial charge in [-0.1, -0.05) is 17.7 Å². The third kappa shape index (κ3) is 5.04. The highest BCUT2D eigenvalue weighted by molar-refractivity contribution is 6.32. The molecule has 2 heterocycles. The fourth-order valence-corrected chi connectivity index (χ4v) is 4.69. The van der Waals surface area contributed by atoms with Gasteiger partial charge in [0.2, 0.25) is 6.29 Å². The minimum atomic E-state index is -1.80. The van der Waals surface area contributed by atoms with E-state index < -0.39 is 36.7 Å². The summed E-state index contributed by atoms with van der Waals surface area (Å²) in [6, 6.07) is 8.75. The van der Waals surface area contributed by atoms with Crippen LogP contribution in [-0.4, -0.2) is 82.3 Å². The molecule has 2 aromatic rings. The second kappa shape index (κ2) is 10.6. The number of halogens is 1. The topological polar surface area (TPSA) is 152 Å². The van der Waals surface area contributed by atoms with Crippen molar-refractivity contribution in [2.45, 2.75) is 50.0 Å². The van der Waals surface area contributed by atoms with Crippen LogP contribution in [0.3, 0.4) is 0 Å². The molecule has 0 bridgehead atoms. The van der Waals surface area contributed by atoms with Gasteiger partial charge in [0.1, 0.15) is 29.8 Å². The van der Waals surface area contributed by atoms with Crippen LogP contribution in [0.25, 0.3) is 0 Å². The average Bonchev–Trinajstić information content (AvgIpc) is 2.97. The van der Waals surface area contributed by atoms with Gasteiger partial charge in [0, 0.05) is 23.5 Å². The summed E-state index contributed by atoms with van der Waals surface area (Å²) in [5.74, 6) is -1.14. The molecule has 1 fully saturated rings. The van der Waals surface area contributed by atoms with E-state index in [2.05, 4.69) is 10.2 Å². The summed E-state index contributed by atoms with van der Waals surface area (Å²) >= 11 is 6.24. The third-order valence-corrected chi connectivity index (χ3v) is 6.65. The lowest BCUT2D eigenvalue weighted by Crippen LogP contribution is -2.61. The number of phenols is 1. The lowest BCUT2D eigenvalue weighted by Gasteiger charge is -2.38. The minimum absolute atomic E-state index is 0.00555. The number of benzene rings is 2. The summed E-state index contributed by atoms with van der Waals surface area (Å²) in [4.78, 5) is 13.6.